The molecule has 7 nitrogen and oxygen atoms in total. The van der Waals surface area contributed by atoms with Crippen LogP contribution >= 0.6 is 11.3 Å². The van der Waals surface area contributed by atoms with Crippen LogP contribution in [0.5, 0.6) is 0 Å². The van der Waals surface area contributed by atoms with Crippen LogP contribution < -0.4 is 15.5 Å². The highest BCUT2D eigenvalue weighted by molar-refractivity contribution is 7.20. The number of amides is 2. The molecule has 2 aromatic rings. The van der Waals surface area contributed by atoms with Gasteiger partial charge in [0.25, 0.3) is 5.91 Å². The lowest BCUT2D eigenvalue weighted by Gasteiger charge is -2.28. The smallest absolute Gasteiger partial charge is 0.408 e. The Labute approximate surface area is 188 Å². The number of rotatable bonds is 5. The van der Waals surface area contributed by atoms with Crippen LogP contribution in [-0.2, 0) is 9.53 Å². The van der Waals surface area contributed by atoms with Crippen molar-refractivity contribution in [1.29, 1.82) is 0 Å². The largest absolute Gasteiger partial charge is 0.444 e. The maximum Gasteiger partial charge on any atom is 0.408 e. The number of aromatic nitrogens is 1. The lowest BCUT2D eigenvalue weighted by molar-refractivity contribution is -0.121. The number of carbonyl (C=O) groups excluding carboxylic acids is 2. The molecule has 0 radical (unpaired) electrons. The molecule has 1 saturated heterocycles. The third kappa shape index (κ3) is 6.19. The lowest BCUT2D eigenvalue weighted by Crippen LogP contribution is -2.53. The summed E-state index contributed by atoms with van der Waals surface area (Å²) >= 11 is 1.47. The average molecular weight is 445 g/mol. The van der Waals surface area contributed by atoms with E-state index in [1.165, 1.54) is 17.8 Å². The molecule has 1 fully saturated rings. The highest BCUT2D eigenvalue weighted by Crippen LogP contribution is 2.39. The number of carbonyl (C=O) groups is 2. The van der Waals surface area contributed by atoms with E-state index >= 15 is 0 Å². The van der Waals surface area contributed by atoms with Crippen LogP contribution in [-0.4, -0.2) is 41.2 Å². The summed E-state index contributed by atoms with van der Waals surface area (Å²) in [4.78, 5) is 32.2. The standard InChI is InChI=1S/C23H32N4O3S/c1-22(2,3)30-21(29)26-23(4,5)19(28)25-20-24-17(16-12-8-6-9-13-16)18(31-20)27-14-10-7-11-15-27/h6,8-9,12-13H,7,10-11,14-15H2,1-5H3,(H,26,29)(H,24,25,28). The Morgan fingerprint density at radius 2 is 1.68 bits per heavy atom. The van der Waals surface area contributed by atoms with Gasteiger partial charge in [0, 0.05) is 18.7 Å². The molecule has 31 heavy (non-hydrogen) atoms. The summed E-state index contributed by atoms with van der Waals surface area (Å²) in [5.41, 5.74) is 0.0955. The Kier molecular flexibility index (Phi) is 6.89. The second-order valence-corrected chi connectivity index (χ2v) is 10.3. The Morgan fingerprint density at radius 1 is 1.03 bits per heavy atom. The number of hydrogen-bond donors (Lipinski definition) is 2. The summed E-state index contributed by atoms with van der Waals surface area (Å²) in [6.07, 6.45) is 2.91. The third-order valence-electron chi connectivity index (χ3n) is 4.90. The number of nitrogens with zero attached hydrogens (tertiary/aromatic N) is 2. The molecule has 0 atom stereocenters. The van der Waals surface area contributed by atoms with Gasteiger partial charge in [0.05, 0.1) is 0 Å². The molecule has 2 heterocycles. The molecular weight excluding hydrogens is 412 g/mol. The predicted molar refractivity (Wildman–Crippen MR) is 126 cm³/mol. The van der Waals surface area contributed by atoms with Crippen LogP contribution in [0.25, 0.3) is 11.3 Å². The van der Waals surface area contributed by atoms with Crippen molar-refractivity contribution in [1.82, 2.24) is 10.3 Å². The fraction of sp³-hybridized carbons (Fsp3) is 0.522. The molecular formula is C23H32N4O3S. The molecule has 0 spiro atoms. The summed E-state index contributed by atoms with van der Waals surface area (Å²) in [6, 6.07) is 10.0. The maximum absolute atomic E-state index is 12.9. The zero-order chi connectivity index (χ0) is 22.6. The molecule has 0 saturated carbocycles. The first kappa shape index (κ1) is 23.1. The van der Waals surface area contributed by atoms with Crippen molar-refractivity contribution in [3.8, 4) is 11.3 Å². The molecule has 0 bridgehead atoms. The van der Waals surface area contributed by atoms with Crippen LogP contribution in [0.1, 0.15) is 53.9 Å². The summed E-state index contributed by atoms with van der Waals surface area (Å²) in [7, 11) is 0. The number of piperidine rings is 1. The van der Waals surface area contributed by atoms with Crippen LogP contribution in [0.3, 0.4) is 0 Å². The van der Waals surface area contributed by atoms with E-state index in [9.17, 15) is 9.59 Å². The maximum atomic E-state index is 12.9. The second-order valence-electron chi connectivity index (χ2n) is 9.29. The number of alkyl carbamates (subject to hydrolysis) is 1. The van der Waals surface area contributed by atoms with Gasteiger partial charge in [0.1, 0.15) is 21.8 Å². The zero-order valence-electron chi connectivity index (χ0n) is 18.9. The quantitative estimate of drug-likeness (QED) is 0.675. The molecule has 2 amide bonds. The molecule has 1 aliphatic heterocycles. The lowest BCUT2D eigenvalue weighted by atomic mass is 10.1. The fourth-order valence-corrected chi connectivity index (χ4v) is 4.37. The number of hydrogen-bond acceptors (Lipinski definition) is 6. The second kappa shape index (κ2) is 9.26. The average Bonchev–Trinajstić information content (AvgIpc) is 3.11. The van der Waals surface area contributed by atoms with Crippen molar-refractivity contribution in [2.75, 3.05) is 23.3 Å². The van der Waals surface area contributed by atoms with Crippen LogP contribution in [0.2, 0.25) is 0 Å². The highest BCUT2D eigenvalue weighted by Gasteiger charge is 2.33. The molecule has 3 rings (SSSR count). The SMILES string of the molecule is CC(C)(C)OC(=O)NC(C)(C)C(=O)Nc1nc(-c2ccccc2)c(N2CCCCC2)s1. The van der Waals surface area contributed by atoms with Gasteiger partial charge in [-0.1, -0.05) is 41.7 Å². The molecule has 1 aromatic heterocycles. The third-order valence-corrected chi connectivity index (χ3v) is 5.93. The number of thiazole rings is 1. The van der Waals surface area contributed by atoms with Gasteiger partial charge in [0.2, 0.25) is 0 Å². The predicted octanol–water partition coefficient (Wildman–Crippen LogP) is 5.04. The fourth-order valence-electron chi connectivity index (χ4n) is 3.33. The first-order valence-corrected chi connectivity index (χ1v) is 11.5. The van der Waals surface area contributed by atoms with Crippen molar-refractivity contribution >= 4 is 33.5 Å². The van der Waals surface area contributed by atoms with Crippen molar-refractivity contribution in [2.24, 2.45) is 0 Å². The molecule has 1 aliphatic rings. The van der Waals surface area contributed by atoms with Gasteiger partial charge in [-0.15, -0.1) is 0 Å². The van der Waals surface area contributed by atoms with Gasteiger partial charge >= 0.3 is 6.09 Å². The van der Waals surface area contributed by atoms with Gasteiger partial charge in [-0.25, -0.2) is 9.78 Å². The number of nitrogens with one attached hydrogen (secondary N) is 2. The van der Waals surface area contributed by atoms with Crippen LogP contribution in [0.4, 0.5) is 14.9 Å². The van der Waals surface area contributed by atoms with E-state index in [1.807, 2.05) is 30.3 Å². The normalized spacial score (nSPS) is 14.8. The van der Waals surface area contributed by atoms with E-state index in [4.69, 9.17) is 9.72 Å². The van der Waals surface area contributed by atoms with Crippen molar-refractivity contribution in [3.05, 3.63) is 30.3 Å². The summed E-state index contributed by atoms with van der Waals surface area (Å²) in [5.74, 6) is -0.350. The van der Waals surface area contributed by atoms with Gasteiger partial charge in [-0.3, -0.25) is 10.1 Å². The molecule has 168 valence electrons. The van der Waals surface area contributed by atoms with Crippen molar-refractivity contribution in [2.45, 2.75) is 65.0 Å². The minimum absolute atomic E-state index is 0.350. The first-order valence-electron chi connectivity index (χ1n) is 10.7. The zero-order valence-corrected chi connectivity index (χ0v) is 19.8. The Hall–Kier alpha value is -2.61. The van der Waals surface area contributed by atoms with E-state index < -0.39 is 17.2 Å². The summed E-state index contributed by atoms with van der Waals surface area (Å²) in [5, 5.41) is 7.12. The van der Waals surface area contributed by atoms with Gasteiger partial charge in [-0.05, 0) is 53.9 Å². The Morgan fingerprint density at radius 3 is 2.29 bits per heavy atom. The number of benzene rings is 1. The van der Waals surface area contributed by atoms with E-state index in [2.05, 4.69) is 15.5 Å². The number of anilines is 2. The van der Waals surface area contributed by atoms with Gasteiger partial charge in [-0.2, -0.15) is 0 Å². The van der Waals surface area contributed by atoms with Gasteiger partial charge in [0.15, 0.2) is 5.13 Å². The van der Waals surface area contributed by atoms with E-state index in [0.29, 0.717) is 5.13 Å². The Bertz CT molecular complexity index is 913. The van der Waals surface area contributed by atoms with Gasteiger partial charge < -0.3 is 15.0 Å². The van der Waals surface area contributed by atoms with E-state index in [0.717, 1.165) is 42.2 Å². The topological polar surface area (TPSA) is 83.6 Å². The highest BCUT2D eigenvalue weighted by atomic mass is 32.1. The minimum Gasteiger partial charge on any atom is -0.444 e. The molecule has 2 N–H and O–H groups in total. The van der Waals surface area contributed by atoms with Crippen molar-refractivity contribution < 1.29 is 14.3 Å². The molecule has 0 unspecified atom stereocenters. The summed E-state index contributed by atoms with van der Waals surface area (Å²) < 4.78 is 5.28. The monoisotopic (exact) mass is 444 g/mol. The summed E-state index contributed by atoms with van der Waals surface area (Å²) in [6.45, 7) is 10.6. The van der Waals surface area contributed by atoms with Crippen LogP contribution in [0.15, 0.2) is 30.3 Å². The Balaban J connectivity index is 1.80. The first-order chi connectivity index (χ1) is 14.5. The van der Waals surface area contributed by atoms with E-state index in [-0.39, 0.29) is 5.91 Å². The van der Waals surface area contributed by atoms with Crippen LogP contribution in [0, 0.1) is 0 Å². The molecule has 0 aliphatic carbocycles. The minimum atomic E-state index is -1.16. The molecule has 1 aromatic carbocycles. The van der Waals surface area contributed by atoms with Crippen molar-refractivity contribution in [3.63, 3.8) is 0 Å². The molecule has 8 heteroatoms. The number of ether oxygens (including phenoxy) is 1. The van der Waals surface area contributed by atoms with E-state index in [1.54, 1.807) is 34.6 Å².